The maximum Gasteiger partial charge on any atom is 0.164 e. The summed E-state index contributed by atoms with van der Waals surface area (Å²) in [6.45, 7) is 3.14. The van der Waals surface area contributed by atoms with Gasteiger partial charge in [0.1, 0.15) is 24.5 Å². The van der Waals surface area contributed by atoms with Crippen molar-refractivity contribution in [1.82, 2.24) is 0 Å². The Labute approximate surface area is 97.1 Å². The molecule has 1 N–H and O–H groups in total. The molecule has 0 saturated carbocycles. The molecule has 8 heteroatoms. The monoisotopic (exact) mass is 243 g/mol. The molecule has 0 aromatic heterocycles. The first-order chi connectivity index (χ1) is 7.95. The van der Waals surface area contributed by atoms with Crippen molar-refractivity contribution in [3.63, 3.8) is 0 Å². The molecule has 8 nitrogen and oxygen atoms in total. The standard InChI is InChI=1S/C9H13N3O5/c1-9(2)16-6(4-14)8(17-9)7(15)5(3-13)11-12-10/h3-8,15H,1-2H3/t5-,6+,7+,8+/m0/s1. The zero-order valence-electron chi connectivity index (χ0n) is 9.39. The lowest BCUT2D eigenvalue weighted by Crippen LogP contribution is -2.43. The molecular formula is C9H13N3O5. The van der Waals surface area contributed by atoms with E-state index in [0.29, 0.717) is 12.6 Å². The van der Waals surface area contributed by atoms with Crippen molar-refractivity contribution < 1.29 is 24.2 Å². The number of carbonyl (C=O) groups excluding carboxylic acids is 2. The van der Waals surface area contributed by atoms with Crippen molar-refractivity contribution in [2.24, 2.45) is 5.11 Å². The van der Waals surface area contributed by atoms with E-state index in [2.05, 4.69) is 10.0 Å². The van der Waals surface area contributed by atoms with Crippen molar-refractivity contribution >= 4 is 12.6 Å². The number of nitrogens with zero attached hydrogens (tertiary/aromatic N) is 3. The predicted molar refractivity (Wildman–Crippen MR) is 54.9 cm³/mol. The van der Waals surface area contributed by atoms with Crippen LogP contribution in [-0.2, 0) is 19.1 Å². The van der Waals surface area contributed by atoms with Gasteiger partial charge in [0.15, 0.2) is 12.1 Å². The minimum Gasteiger partial charge on any atom is -0.389 e. The number of aldehydes is 2. The Kier molecular flexibility index (Phi) is 4.19. The molecular weight excluding hydrogens is 230 g/mol. The maximum absolute atomic E-state index is 10.8. The molecule has 0 radical (unpaired) electrons. The van der Waals surface area contributed by atoms with Gasteiger partial charge < -0.3 is 24.2 Å². The highest BCUT2D eigenvalue weighted by Gasteiger charge is 2.46. The molecule has 0 bridgehead atoms. The Morgan fingerprint density at radius 3 is 2.59 bits per heavy atom. The smallest absolute Gasteiger partial charge is 0.164 e. The molecule has 17 heavy (non-hydrogen) atoms. The van der Waals surface area contributed by atoms with E-state index in [-0.39, 0.29) is 0 Å². The molecule has 1 aliphatic rings. The van der Waals surface area contributed by atoms with Gasteiger partial charge in [-0.2, -0.15) is 0 Å². The van der Waals surface area contributed by atoms with Crippen LogP contribution in [0, 0.1) is 0 Å². The Balaban J connectivity index is 2.87. The van der Waals surface area contributed by atoms with Gasteiger partial charge in [-0.3, -0.25) is 0 Å². The zero-order chi connectivity index (χ0) is 13.1. The van der Waals surface area contributed by atoms with Gasteiger partial charge >= 0.3 is 0 Å². The van der Waals surface area contributed by atoms with E-state index in [1.807, 2.05) is 0 Å². The lowest BCUT2D eigenvalue weighted by molar-refractivity contribution is -0.158. The molecule has 0 amide bonds. The molecule has 4 atom stereocenters. The first-order valence-corrected chi connectivity index (χ1v) is 4.93. The molecule has 1 heterocycles. The lowest BCUT2D eigenvalue weighted by Gasteiger charge is -2.22. The Morgan fingerprint density at radius 2 is 2.12 bits per heavy atom. The second-order valence-electron chi connectivity index (χ2n) is 4.02. The van der Waals surface area contributed by atoms with Crippen LogP contribution in [0.15, 0.2) is 5.11 Å². The minimum absolute atomic E-state index is 0.293. The van der Waals surface area contributed by atoms with Crippen LogP contribution in [0.3, 0.4) is 0 Å². The van der Waals surface area contributed by atoms with Gasteiger partial charge in [0.25, 0.3) is 0 Å². The second-order valence-corrected chi connectivity index (χ2v) is 4.02. The number of aliphatic hydroxyl groups excluding tert-OH is 1. The normalized spacial score (nSPS) is 30.1. The van der Waals surface area contributed by atoms with Crippen molar-refractivity contribution in [1.29, 1.82) is 0 Å². The molecule has 0 aromatic carbocycles. The van der Waals surface area contributed by atoms with Crippen LogP contribution in [-0.4, -0.2) is 47.8 Å². The number of ether oxygens (including phenoxy) is 2. The molecule has 94 valence electrons. The molecule has 1 fully saturated rings. The fourth-order valence-corrected chi connectivity index (χ4v) is 1.62. The molecule has 1 saturated heterocycles. The summed E-state index contributed by atoms with van der Waals surface area (Å²) in [6.07, 6.45) is -2.71. The number of hydrogen-bond donors (Lipinski definition) is 1. The minimum atomic E-state index is -1.43. The summed E-state index contributed by atoms with van der Waals surface area (Å²) >= 11 is 0. The first-order valence-electron chi connectivity index (χ1n) is 4.93. The first kappa shape index (κ1) is 13.6. The molecule has 0 spiro atoms. The van der Waals surface area contributed by atoms with E-state index in [4.69, 9.17) is 15.0 Å². The number of hydrogen-bond acceptors (Lipinski definition) is 6. The second kappa shape index (κ2) is 5.24. The van der Waals surface area contributed by atoms with E-state index >= 15 is 0 Å². The number of azide groups is 1. The van der Waals surface area contributed by atoms with Gasteiger partial charge in [-0.05, 0) is 19.4 Å². The molecule has 0 aliphatic carbocycles. The van der Waals surface area contributed by atoms with E-state index in [0.717, 1.165) is 0 Å². The fraction of sp³-hybridized carbons (Fsp3) is 0.778. The summed E-state index contributed by atoms with van der Waals surface area (Å²) in [6, 6.07) is -1.31. The summed E-state index contributed by atoms with van der Waals surface area (Å²) in [4.78, 5) is 23.8. The molecule has 1 rings (SSSR count). The molecule has 0 aromatic rings. The van der Waals surface area contributed by atoms with Crippen LogP contribution in [0.2, 0.25) is 0 Å². The van der Waals surface area contributed by atoms with Gasteiger partial charge in [0.05, 0.1) is 6.10 Å². The van der Waals surface area contributed by atoms with Gasteiger partial charge in [0.2, 0.25) is 0 Å². The number of rotatable bonds is 5. The third-order valence-electron chi connectivity index (χ3n) is 2.31. The van der Waals surface area contributed by atoms with Crippen molar-refractivity contribution in [2.45, 2.75) is 44.0 Å². The van der Waals surface area contributed by atoms with Crippen LogP contribution in [0.1, 0.15) is 13.8 Å². The topological polar surface area (TPSA) is 122 Å². The van der Waals surface area contributed by atoms with Crippen LogP contribution in [0.25, 0.3) is 10.4 Å². The Morgan fingerprint density at radius 1 is 1.47 bits per heavy atom. The highest BCUT2D eigenvalue weighted by Crippen LogP contribution is 2.30. The number of carbonyl (C=O) groups is 2. The van der Waals surface area contributed by atoms with Gasteiger partial charge in [-0.15, -0.1) is 0 Å². The maximum atomic E-state index is 10.8. The van der Waals surface area contributed by atoms with Gasteiger partial charge in [-0.25, -0.2) is 0 Å². The van der Waals surface area contributed by atoms with E-state index in [9.17, 15) is 14.7 Å². The Hall–Kier alpha value is -1.47. The highest BCUT2D eigenvalue weighted by molar-refractivity contribution is 5.61. The quantitative estimate of drug-likeness (QED) is 0.314. The van der Waals surface area contributed by atoms with Gasteiger partial charge in [0, 0.05) is 4.91 Å². The zero-order valence-corrected chi connectivity index (χ0v) is 9.39. The average molecular weight is 243 g/mol. The molecule has 0 unspecified atom stereocenters. The van der Waals surface area contributed by atoms with Crippen LogP contribution < -0.4 is 0 Å². The van der Waals surface area contributed by atoms with Crippen molar-refractivity contribution in [2.75, 3.05) is 0 Å². The van der Waals surface area contributed by atoms with Crippen LogP contribution >= 0.6 is 0 Å². The SMILES string of the molecule is CC1(C)O[C@@H]([C@H](O)[C@H](C=O)N=[N+]=[N-])[C@@H](C=O)O1. The average Bonchev–Trinajstić information content (AvgIpc) is 2.60. The summed E-state index contributed by atoms with van der Waals surface area (Å²) in [5.74, 6) is -1.04. The third kappa shape index (κ3) is 3.01. The number of aliphatic hydroxyl groups is 1. The lowest BCUT2D eigenvalue weighted by atomic mass is 10.0. The summed E-state index contributed by atoms with van der Waals surface area (Å²) in [7, 11) is 0. The van der Waals surface area contributed by atoms with E-state index < -0.39 is 30.1 Å². The summed E-state index contributed by atoms with van der Waals surface area (Å²) in [5, 5.41) is 12.9. The third-order valence-corrected chi connectivity index (χ3v) is 2.31. The van der Waals surface area contributed by atoms with E-state index in [1.165, 1.54) is 0 Å². The van der Waals surface area contributed by atoms with Crippen molar-refractivity contribution in [3.8, 4) is 0 Å². The summed E-state index contributed by atoms with van der Waals surface area (Å²) in [5.41, 5.74) is 8.23. The van der Waals surface area contributed by atoms with Gasteiger partial charge in [-0.1, -0.05) is 5.11 Å². The van der Waals surface area contributed by atoms with Crippen molar-refractivity contribution in [3.05, 3.63) is 10.4 Å². The van der Waals surface area contributed by atoms with Crippen LogP contribution in [0.5, 0.6) is 0 Å². The predicted octanol–water partition coefficient (Wildman–Crippen LogP) is -0.0559. The Bertz CT molecular complexity index is 353. The largest absolute Gasteiger partial charge is 0.389 e. The summed E-state index contributed by atoms with van der Waals surface area (Å²) < 4.78 is 10.5. The molecule has 1 aliphatic heterocycles. The fourth-order valence-electron chi connectivity index (χ4n) is 1.62. The van der Waals surface area contributed by atoms with E-state index in [1.54, 1.807) is 13.8 Å². The highest BCUT2D eigenvalue weighted by atomic mass is 16.8. The van der Waals surface area contributed by atoms with Crippen LogP contribution in [0.4, 0.5) is 0 Å².